The fourth-order valence-electron chi connectivity index (χ4n) is 6.58. The van der Waals surface area contributed by atoms with Crippen molar-refractivity contribution in [1.82, 2.24) is 18.1 Å². The number of ether oxygens (including phenoxy) is 5. The summed E-state index contributed by atoms with van der Waals surface area (Å²) in [4.78, 5) is 81.4. The number of guanidine groups is 2. The molecule has 0 heterocycles. The van der Waals surface area contributed by atoms with E-state index in [-0.39, 0.29) is 74.1 Å². The maximum atomic E-state index is 13.4. The lowest BCUT2D eigenvalue weighted by atomic mass is 10.2. The van der Waals surface area contributed by atoms with Gasteiger partial charge in [0.05, 0.1) is 63.6 Å². The Morgan fingerprint density at radius 2 is 0.810 bits per heavy atom. The van der Waals surface area contributed by atoms with Gasteiger partial charge in [-0.25, -0.2) is 14.4 Å². The van der Waals surface area contributed by atoms with Crippen LogP contribution in [0.5, 0.6) is 11.5 Å². The fraction of sp³-hybridized carbons (Fsp3) is 0.312. The molecule has 0 radical (unpaired) electrons. The lowest BCUT2D eigenvalue weighted by molar-refractivity contribution is -0.192. The Hall–Kier alpha value is -8.88. The van der Waals surface area contributed by atoms with Crippen molar-refractivity contribution in [2.75, 3.05) is 63.4 Å². The van der Waals surface area contributed by atoms with Crippen LogP contribution in [0.3, 0.4) is 0 Å². The number of nitrogens with two attached hydrogens (primary N) is 2. The van der Waals surface area contributed by atoms with Gasteiger partial charge in [-0.05, 0) is 83.9 Å². The largest absolute Gasteiger partial charge is 0.490 e. The van der Waals surface area contributed by atoms with Gasteiger partial charge in [0, 0.05) is 37.6 Å². The number of esters is 2. The van der Waals surface area contributed by atoms with E-state index in [0.29, 0.717) is 31.1 Å². The molecular formula is C48H57F3N10O21S2. The van der Waals surface area contributed by atoms with Crippen LogP contribution in [-0.4, -0.2) is 176 Å². The van der Waals surface area contributed by atoms with E-state index in [1.54, 1.807) is 0 Å². The summed E-state index contributed by atoms with van der Waals surface area (Å²) in [6.45, 7) is -3.41. The molecule has 0 saturated carbocycles. The number of alkyl halides is 3. The first kappa shape index (κ1) is 69.4. The Morgan fingerprint density at radius 3 is 1.07 bits per heavy atom. The second-order valence-electron chi connectivity index (χ2n) is 16.7. The molecule has 458 valence electrons. The van der Waals surface area contributed by atoms with Crippen LogP contribution in [0.2, 0.25) is 0 Å². The number of carbonyl (C=O) groups excluding carboxylic acids is 2. The molecule has 0 aliphatic rings. The number of benzene rings is 4. The van der Waals surface area contributed by atoms with Gasteiger partial charge in [0.15, 0.2) is 11.9 Å². The molecule has 2 unspecified atom stereocenters. The SMILES string of the molecule is N=C(N)Nc1ccc(C(=O)Oc2ccc(CNS(=O)(=O)N(CCOCCOCCOCCN(C(CC(=O)O)C(=O)O)S(=O)(=O)NCc3ccc(OC(=O)c4ccc(NC(=N)N)cc4)cc3)C(CC(=O)O)C(=O)O)cc2)cc1.O=C(O)C(F)(F)F. The molecule has 0 aromatic heterocycles. The Labute approximate surface area is 475 Å². The van der Waals surface area contributed by atoms with Crippen LogP contribution in [0.4, 0.5) is 24.5 Å². The average Bonchev–Trinajstić information content (AvgIpc) is 3.52. The third kappa shape index (κ3) is 25.1. The predicted octanol–water partition coefficient (Wildman–Crippen LogP) is 1.25. The summed E-state index contributed by atoms with van der Waals surface area (Å²) in [5, 5.41) is 65.2. The number of halogens is 3. The van der Waals surface area contributed by atoms with Crippen molar-refractivity contribution in [3.05, 3.63) is 119 Å². The Bertz CT molecular complexity index is 2950. The number of nitrogens with one attached hydrogen (secondary N) is 6. The smallest absolute Gasteiger partial charge is 0.481 e. The van der Waals surface area contributed by atoms with Gasteiger partial charge in [-0.2, -0.15) is 48.1 Å². The fourth-order valence-corrected chi connectivity index (χ4v) is 9.24. The number of carboxylic acid groups (broad SMARTS) is 5. The first-order chi connectivity index (χ1) is 39.4. The molecule has 31 nitrogen and oxygen atoms in total. The zero-order chi connectivity index (χ0) is 62.8. The first-order valence-electron chi connectivity index (χ1n) is 23.9. The lowest BCUT2D eigenvalue weighted by Gasteiger charge is -2.27. The van der Waals surface area contributed by atoms with Gasteiger partial charge in [-0.3, -0.25) is 30.0 Å². The zero-order valence-electron chi connectivity index (χ0n) is 43.6. The average molecular weight is 1230 g/mol. The van der Waals surface area contributed by atoms with Crippen molar-refractivity contribution in [3.63, 3.8) is 0 Å². The van der Waals surface area contributed by atoms with Crippen LogP contribution >= 0.6 is 0 Å². The van der Waals surface area contributed by atoms with Crippen LogP contribution in [0.1, 0.15) is 44.7 Å². The van der Waals surface area contributed by atoms with Crippen molar-refractivity contribution in [1.29, 1.82) is 10.8 Å². The second kappa shape index (κ2) is 33.3. The van der Waals surface area contributed by atoms with Gasteiger partial charge in [0.1, 0.15) is 23.6 Å². The van der Waals surface area contributed by atoms with E-state index >= 15 is 0 Å². The van der Waals surface area contributed by atoms with Crippen molar-refractivity contribution >= 4 is 85.5 Å². The highest BCUT2D eigenvalue weighted by Gasteiger charge is 2.39. The van der Waals surface area contributed by atoms with Crippen LogP contribution in [0, 0.1) is 10.8 Å². The molecule has 0 amide bonds. The zero-order valence-corrected chi connectivity index (χ0v) is 45.3. The Morgan fingerprint density at radius 1 is 0.512 bits per heavy atom. The first-order valence-corrected chi connectivity index (χ1v) is 26.8. The number of hydrogen-bond donors (Lipinski definition) is 13. The highest BCUT2D eigenvalue weighted by molar-refractivity contribution is 7.87. The molecule has 0 fully saturated rings. The van der Waals surface area contributed by atoms with Gasteiger partial charge < -0.3 is 71.3 Å². The minimum atomic E-state index is -5.08. The number of carboxylic acids is 5. The van der Waals surface area contributed by atoms with E-state index in [1.807, 2.05) is 0 Å². The molecule has 0 spiro atoms. The van der Waals surface area contributed by atoms with Gasteiger partial charge in [-0.15, -0.1) is 0 Å². The van der Waals surface area contributed by atoms with Crippen molar-refractivity contribution < 1.29 is 113 Å². The lowest BCUT2D eigenvalue weighted by Crippen LogP contribution is -2.51. The van der Waals surface area contributed by atoms with E-state index in [4.69, 9.17) is 55.9 Å². The molecule has 4 rings (SSSR count). The summed E-state index contributed by atoms with van der Waals surface area (Å²) in [5.74, 6) is -11.2. The van der Waals surface area contributed by atoms with Crippen LogP contribution in [0.25, 0.3) is 0 Å². The monoisotopic (exact) mass is 1230 g/mol. The summed E-state index contributed by atoms with van der Waals surface area (Å²) in [6, 6.07) is 19.0. The number of hydrogen-bond acceptors (Lipinski definition) is 18. The number of aliphatic carboxylic acids is 5. The number of nitrogens with zero attached hydrogens (tertiary/aromatic N) is 2. The third-order valence-corrected chi connectivity index (χ3v) is 13.6. The second-order valence-corrected chi connectivity index (χ2v) is 20.1. The number of anilines is 2. The van der Waals surface area contributed by atoms with Gasteiger partial charge >= 0.3 is 48.0 Å². The minimum Gasteiger partial charge on any atom is -0.481 e. The van der Waals surface area contributed by atoms with Crippen molar-refractivity contribution in [2.45, 2.75) is 44.2 Å². The minimum absolute atomic E-state index is 0.109. The molecule has 4 aromatic rings. The number of rotatable bonds is 34. The molecule has 84 heavy (non-hydrogen) atoms. The standard InChI is InChI=1S/C46H56N10O19S2.C2HF3O2/c47-45(48)53-33-9-5-31(6-10-33)43(65)74-35-13-1-29(2-14-35)27-51-76(67,68)55(37(41(61)62)25-39(57)58)17-19-71-21-23-73-24-22-72-20-18-56(38(42(63)64)26-40(59)60)77(69,70)52-28-30-3-15-36(16-4-30)75-44(66)32-7-11-34(12-8-32)54-46(49)50;3-2(4,5)1(6)7/h1-16,37-38,51-52H,17-28H2,(H,57,58)(H,59,60)(H,61,62)(H,63,64)(H4,47,48,53)(H4,49,50,54);(H,6,7). The summed E-state index contributed by atoms with van der Waals surface area (Å²) >= 11 is 0. The molecule has 0 bridgehead atoms. The highest BCUT2D eigenvalue weighted by Crippen LogP contribution is 2.20. The summed E-state index contributed by atoms with van der Waals surface area (Å²) in [7, 11) is -9.38. The van der Waals surface area contributed by atoms with Gasteiger partial charge in [0.2, 0.25) is 0 Å². The maximum absolute atomic E-state index is 13.4. The number of carbonyl (C=O) groups is 7. The summed E-state index contributed by atoms with van der Waals surface area (Å²) < 4.78 is 118. The van der Waals surface area contributed by atoms with E-state index in [9.17, 15) is 79.2 Å². The molecule has 0 aliphatic carbocycles. The molecule has 0 saturated heterocycles. The summed E-state index contributed by atoms with van der Waals surface area (Å²) in [6.07, 6.45) is -7.27. The Balaban J connectivity index is 0.00000247. The van der Waals surface area contributed by atoms with Crippen LogP contribution in [0.15, 0.2) is 97.1 Å². The van der Waals surface area contributed by atoms with E-state index in [2.05, 4.69) is 20.1 Å². The molecular weight excluding hydrogens is 1170 g/mol. The molecule has 4 aromatic carbocycles. The Kier molecular flexibility index (Phi) is 27.5. The van der Waals surface area contributed by atoms with Crippen molar-refractivity contribution in [3.8, 4) is 11.5 Å². The van der Waals surface area contributed by atoms with E-state index < -0.39 is 120 Å². The maximum Gasteiger partial charge on any atom is 0.490 e. The molecule has 36 heteroatoms. The van der Waals surface area contributed by atoms with E-state index in [0.717, 1.165) is 0 Å². The molecule has 2 atom stereocenters. The topological polar surface area (TPSA) is 489 Å². The quantitative estimate of drug-likeness (QED) is 0.0103. The van der Waals surface area contributed by atoms with Gasteiger partial charge in [-0.1, -0.05) is 24.3 Å². The predicted molar refractivity (Wildman–Crippen MR) is 285 cm³/mol. The highest BCUT2D eigenvalue weighted by atomic mass is 32.2. The third-order valence-electron chi connectivity index (χ3n) is 10.5. The summed E-state index contributed by atoms with van der Waals surface area (Å²) in [5.41, 5.74) is 12.6. The van der Waals surface area contributed by atoms with E-state index in [1.165, 1.54) is 97.1 Å². The van der Waals surface area contributed by atoms with Crippen LogP contribution in [-0.2, 0) is 71.7 Å². The van der Waals surface area contributed by atoms with Crippen LogP contribution < -0.4 is 41.0 Å². The van der Waals surface area contributed by atoms with Crippen molar-refractivity contribution in [2.24, 2.45) is 11.5 Å². The molecule has 0 aliphatic heterocycles. The van der Waals surface area contributed by atoms with Gasteiger partial charge in [0.25, 0.3) is 20.4 Å². The molecule has 15 N–H and O–H groups in total. The normalized spacial score (nSPS) is 12.2.